The van der Waals surface area contributed by atoms with Gasteiger partial charge >= 0.3 is 0 Å². The fourth-order valence-corrected chi connectivity index (χ4v) is 10.5. The molecule has 4 nitrogen and oxygen atoms in total. The molecular weight excluding hydrogens is 442 g/mol. The van der Waals surface area contributed by atoms with Gasteiger partial charge in [-0.25, -0.2) is 0 Å². The molecule has 5 rings (SSSR count). The zero-order valence-electron chi connectivity index (χ0n) is 24.5. The number of rotatable bonds is 5. The van der Waals surface area contributed by atoms with E-state index in [0.717, 1.165) is 35.4 Å². The van der Waals surface area contributed by atoms with E-state index >= 15 is 0 Å². The Balaban J connectivity index is 1.33. The van der Waals surface area contributed by atoms with E-state index in [1.807, 2.05) is 11.9 Å². The summed E-state index contributed by atoms with van der Waals surface area (Å²) >= 11 is 0. The van der Waals surface area contributed by atoms with Crippen LogP contribution in [0.5, 0.6) is 0 Å². The predicted octanol–water partition coefficient (Wildman–Crippen LogP) is 6.20. The van der Waals surface area contributed by atoms with E-state index in [-0.39, 0.29) is 11.9 Å². The van der Waals surface area contributed by atoms with Crippen molar-refractivity contribution in [2.45, 2.75) is 104 Å². The Morgan fingerprint density at radius 2 is 1.81 bits per heavy atom. The largest absolute Gasteiger partial charge is 0.373 e. The van der Waals surface area contributed by atoms with Crippen LogP contribution in [0.2, 0.25) is 0 Å². The predicted molar refractivity (Wildman–Crippen MR) is 149 cm³/mol. The third-order valence-electron chi connectivity index (χ3n) is 12.6. The third-order valence-corrected chi connectivity index (χ3v) is 12.6. The minimum atomic E-state index is 0.0577. The van der Waals surface area contributed by atoms with Crippen LogP contribution in [0.3, 0.4) is 0 Å². The van der Waals surface area contributed by atoms with Crippen LogP contribution in [0.4, 0.5) is 0 Å². The van der Waals surface area contributed by atoms with Crippen LogP contribution < -0.4 is 0 Å². The number of hydrogen-bond acceptors (Lipinski definition) is 3. The normalized spacial score (nSPS) is 42.6. The fourth-order valence-electron chi connectivity index (χ4n) is 10.5. The molecule has 0 aromatic carbocycles. The van der Waals surface area contributed by atoms with Gasteiger partial charge in [0.1, 0.15) is 0 Å². The molecule has 1 spiro atoms. The molecule has 0 aromatic rings. The summed E-state index contributed by atoms with van der Waals surface area (Å²) in [6, 6.07) is 1.32. The van der Waals surface area contributed by atoms with Crippen LogP contribution in [0.25, 0.3) is 0 Å². The zero-order valence-corrected chi connectivity index (χ0v) is 24.5. The van der Waals surface area contributed by atoms with Crippen molar-refractivity contribution in [3.63, 3.8) is 0 Å². The second kappa shape index (κ2) is 9.17. The summed E-state index contributed by atoms with van der Waals surface area (Å²) in [6.45, 7) is 17.1. The van der Waals surface area contributed by atoms with Gasteiger partial charge in [-0.1, -0.05) is 39.0 Å². The molecule has 202 valence electrons. The lowest BCUT2D eigenvalue weighted by molar-refractivity contribution is -0.130. The molecule has 0 aromatic heterocycles. The van der Waals surface area contributed by atoms with Gasteiger partial charge in [0.15, 0.2) is 0 Å². The molecule has 0 bridgehead atoms. The Hall–Kier alpha value is -1.29. The molecular formula is C32H53N3O. The van der Waals surface area contributed by atoms with Crippen LogP contribution in [0.1, 0.15) is 86.0 Å². The Morgan fingerprint density at radius 3 is 2.47 bits per heavy atom. The molecule has 0 N–H and O–H groups in total. The van der Waals surface area contributed by atoms with Crippen molar-refractivity contribution in [2.75, 3.05) is 27.7 Å². The first-order valence-corrected chi connectivity index (χ1v) is 15.0. The molecule has 5 aliphatic rings. The molecule has 1 amide bonds. The van der Waals surface area contributed by atoms with Crippen molar-refractivity contribution in [1.29, 1.82) is 0 Å². The number of fused-ring (bicyclic) bond motifs is 4. The van der Waals surface area contributed by atoms with Gasteiger partial charge in [0.05, 0.1) is 6.04 Å². The summed E-state index contributed by atoms with van der Waals surface area (Å²) in [6.07, 6.45) is 13.6. The van der Waals surface area contributed by atoms with E-state index in [9.17, 15) is 4.79 Å². The lowest BCUT2D eigenvalue weighted by Gasteiger charge is -2.58. The van der Waals surface area contributed by atoms with E-state index in [1.54, 1.807) is 12.5 Å². The molecule has 3 saturated carbocycles. The molecule has 4 heteroatoms. The summed E-state index contributed by atoms with van der Waals surface area (Å²) in [7, 11) is 6.54. The SMILES string of the molecule is C=C([C@@H](C(C)C)N(C)C(C)=O)N(C)[C@H]1CC[C@@]2(C)C(=CC[C@@H]3C2CCC24CN(C)[C@@H](C)[C@H]2CC[C@@H]34)C1. The van der Waals surface area contributed by atoms with Crippen LogP contribution in [0, 0.1) is 40.4 Å². The molecule has 2 unspecified atom stereocenters. The van der Waals surface area contributed by atoms with Gasteiger partial charge in [-0.2, -0.15) is 0 Å². The van der Waals surface area contributed by atoms with Gasteiger partial charge < -0.3 is 14.7 Å². The third kappa shape index (κ3) is 3.75. The molecule has 1 saturated heterocycles. The number of likely N-dealkylation sites (tertiary alicyclic amines) is 1. The smallest absolute Gasteiger partial charge is 0.219 e. The highest BCUT2D eigenvalue weighted by molar-refractivity contribution is 5.73. The van der Waals surface area contributed by atoms with Gasteiger partial charge in [0.25, 0.3) is 0 Å². The van der Waals surface area contributed by atoms with Crippen LogP contribution >= 0.6 is 0 Å². The number of carbonyl (C=O) groups is 1. The van der Waals surface area contributed by atoms with Gasteiger partial charge in [0, 0.05) is 45.3 Å². The molecule has 4 fully saturated rings. The van der Waals surface area contributed by atoms with Crippen molar-refractivity contribution in [1.82, 2.24) is 14.7 Å². The van der Waals surface area contributed by atoms with Crippen molar-refractivity contribution >= 4 is 5.91 Å². The summed E-state index contributed by atoms with van der Waals surface area (Å²) in [5.41, 5.74) is 3.83. The van der Waals surface area contributed by atoms with Crippen LogP contribution in [-0.2, 0) is 4.79 Å². The van der Waals surface area contributed by atoms with Gasteiger partial charge in [-0.05, 0) is 106 Å². The Bertz CT molecular complexity index is 924. The summed E-state index contributed by atoms with van der Waals surface area (Å²) in [5.74, 6) is 4.11. The lowest BCUT2D eigenvalue weighted by atomic mass is 9.47. The lowest BCUT2D eigenvalue weighted by Crippen LogP contribution is -2.53. The standard InChI is InChI=1S/C32H53N3O/c1-20(2)30(35(9)23(5)36)22(4)34(8)25-14-16-31(6)24(18-25)10-11-26-28(31)15-17-32-19-33(7)21(3)27(32)12-13-29(26)32/h10,20-21,25-30H,4,11-19H2,1-3,5-9H3/t21-,25-,26+,27+,28?,29-,30+,31-,32?/m0/s1. The minimum Gasteiger partial charge on any atom is -0.373 e. The highest BCUT2D eigenvalue weighted by atomic mass is 16.2. The molecule has 9 atom stereocenters. The van der Waals surface area contributed by atoms with Crippen molar-refractivity contribution in [3.8, 4) is 0 Å². The van der Waals surface area contributed by atoms with Crippen LogP contribution in [-0.4, -0.2) is 66.4 Å². The first-order chi connectivity index (χ1) is 16.9. The van der Waals surface area contributed by atoms with Gasteiger partial charge in [-0.15, -0.1) is 0 Å². The Kier molecular flexibility index (Phi) is 6.71. The van der Waals surface area contributed by atoms with E-state index in [4.69, 9.17) is 0 Å². The number of allylic oxidation sites excluding steroid dienone is 1. The Labute approximate surface area is 221 Å². The zero-order chi connectivity index (χ0) is 26.2. The molecule has 4 aliphatic carbocycles. The average Bonchev–Trinajstić information content (AvgIpc) is 3.31. The topological polar surface area (TPSA) is 26.8 Å². The van der Waals surface area contributed by atoms with Gasteiger partial charge in [-0.3, -0.25) is 4.79 Å². The first kappa shape index (κ1) is 26.3. The summed E-state index contributed by atoms with van der Waals surface area (Å²) < 4.78 is 0. The van der Waals surface area contributed by atoms with E-state index in [2.05, 4.69) is 64.2 Å². The highest BCUT2D eigenvalue weighted by Crippen LogP contribution is 2.68. The first-order valence-electron chi connectivity index (χ1n) is 15.0. The number of carbonyl (C=O) groups excluding carboxylic acids is 1. The summed E-state index contributed by atoms with van der Waals surface area (Å²) in [5, 5.41) is 0. The second-order valence-electron chi connectivity index (χ2n) is 14.2. The quantitative estimate of drug-likeness (QED) is 0.425. The number of hydrogen-bond donors (Lipinski definition) is 0. The van der Waals surface area contributed by atoms with Crippen molar-refractivity contribution < 1.29 is 4.79 Å². The van der Waals surface area contributed by atoms with E-state index in [0.29, 0.717) is 22.8 Å². The molecule has 1 aliphatic heterocycles. The minimum absolute atomic E-state index is 0.0577. The second-order valence-corrected chi connectivity index (χ2v) is 14.2. The van der Waals surface area contributed by atoms with Crippen molar-refractivity contribution in [2.24, 2.45) is 40.4 Å². The average molecular weight is 496 g/mol. The number of likely N-dealkylation sites (N-methyl/N-ethyl adjacent to an activating group) is 2. The maximum absolute atomic E-state index is 12.2. The highest BCUT2D eigenvalue weighted by Gasteiger charge is 2.64. The summed E-state index contributed by atoms with van der Waals surface area (Å²) in [4.78, 5) is 19.2. The van der Waals surface area contributed by atoms with E-state index in [1.165, 1.54) is 57.9 Å². The van der Waals surface area contributed by atoms with Crippen molar-refractivity contribution in [3.05, 3.63) is 23.9 Å². The van der Waals surface area contributed by atoms with Crippen LogP contribution in [0.15, 0.2) is 23.9 Å². The maximum atomic E-state index is 12.2. The molecule has 36 heavy (non-hydrogen) atoms. The maximum Gasteiger partial charge on any atom is 0.219 e. The fraction of sp³-hybridized carbons (Fsp3) is 0.844. The Morgan fingerprint density at radius 1 is 1.11 bits per heavy atom. The molecule has 1 heterocycles. The molecule has 0 radical (unpaired) electrons. The monoisotopic (exact) mass is 495 g/mol. The number of amides is 1. The van der Waals surface area contributed by atoms with Gasteiger partial charge in [0.2, 0.25) is 5.91 Å². The number of nitrogens with zero attached hydrogens (tertiary/aromatic N) is 3. The van der Waals surface area contributed by atoms with E-state index < -0.39 is 0 Å².